The summed E-state index contributed by atoms with van der Waals surface area (Å²) in [6.07, 6.45) is 3.26. The van der Waals surface area contributed by atoms with Gasteiger partial charge in [0.25, 0.3) is 6.08 Å². The summed E-state index contributed by atoms with van der Waals surface area (Å²) in [5.41, 5.74) is -2.94. The highest BCUT2D eigenvalue weighted by Gasteiger charge is 2.08. The Hall–Kier alpha value is -2.94. The summed E-state index contributed by atoms with van der Waals surface area (Å²) in [4.78, 5) is 57.6. The lowest BCUT2D eigenvalue weighted by molar-refractivity contribution is 0.171. The van der Waals surface area contributed by atoms with Gasteiger partial charge in [-0.05, 0) is 12.8 Å². The molecule has 1 aromatic heterocycles. The van der Waals surface area contributed by atoms with Gasteiger partial charge in [0.1, 0.15) is 0 Å². The maximum absolute atomic E-state index is 11.8. The number of hydrogen-bond acceptors (Lipinski definition) is 7. The Labute approximate surface area is 129 Å². The number of aromatic nitrogens is 3. The molecule has 0 spiro atoms. The summed E-state index contributed by atoms with van der Waals surface area (Å²) in [5, 5.41) is 5.47. The molecule has 0 aliphatic carbocycles. The normalized spacial score (nSPS) is 9.96. The Morgan fingerprint density at radius 2 is 1.91 bits per heavy atom. The highest BCUT2D eigenvalue weighted by molar-refractivity contribution is 5.66. The van der Waals surface area contributed by atoms with Crippen LogP contribution in [0.5, 0.6) is 0 Å². The lowest BCUT2D eigenvalue weighted by Gasteiger charge is -2.05. The Kier molecular flexibility index (Phi) is 7.21. The fourth-order valence-corrected chi connectivity index (χ4v) is 1.84. The fourth-order valence-electron chi connectivity index (χ4n) is 1.84. The average molecular weight is 327 g/mol. The van der Waals surface area contributed by atoms with E-state index in [9.17, 15) is 24.0 Å². The Morgan fingerprint density at radius 3 is 2.57 bits per heavy atom. The SMILES string of the molecule is COC(=O)NCCCCCCn1c(=O)[nH]c(=O)n(N=C=O)c1=O. The summed E-state index contributed by atoms with van der Waals surface area (Å²) in [7, 11) is 1.28. The molecule has 0 aliphatic rings. The first-order valence-corrected chi connectivity index (χ1v) is 6.87. The minimum absolute atomic E-state index is 0.0766. The first-order valence-electron chi connectivity index (χ1n) is 6.87. The van der Waals surface area contributed by atoms with Crippen molar-refractivity contribution in [3.05, 3.63) is 31.5 Å². The van der Waals surface area contributed by atoms with Crippen molar-refractivity contribution in [3.8, 4) is 0 Å². The number of ether oxygens (including phenoxy) is 1. The van der Waals surface area contributed by atoms with E-state index in [-0.39, 0.29) is 11.2 Å². The van der Waals surface area contributed by atoms with Gasteiger partial charge in [-0.1, -0.05) is 17.9 Å². The maximum Gasteiger partial charge on any atom is 0.406 e. The number of rotatable bonds is 8. The number of aromatic amines is 1. The van der Waals surface area contributed by atoms with Crippen LogP contribution in [0.4, 0.5) is 4.79 Å². The minimum atomic E-state index is -1.09. The van der Waals surface area contributed by atoms with Gasteiger partial charge in [-0.3, -0.25) is 4.98 Å². The van der Waals surface area contributed by atoms with Gasteiger partial charge in [0.2, 0.25) is 0 Å². The molecule has 1 aromatic rings. The topological polar surface area (TPSA) is 145 Å². The molecule has 0 radical (unpaired) electrons. The highest BCUT2D eigenvalue weighted by Crippen LogP contribution is 1.99. The van der Waals surface area contributed by atoms with E-state index in [1.165, 1.54) is 7.11 Å². The van der Waals surface area contributed by atoms with Crippen molar-refractivity contribution in [3.63, 3.8) is 0 Å². The number of amides is 1. The second-order valence-electron chi connectivity index (χ2n) is 4.51. The van der Waals surface area contributed by atoms with Crippen molar-refractivity contribution in [1.29, 1.82) is 0 Å². The molecule has 0 aromatic carbocycles. The zero-order valence-electron chi connectivity index (χ0n) is 12.5. The molecule has 0 saturated carbocycles. The third kappa shape index (κ3) is 5.40. The Bertz CT molecular complexity index is 754. The number of isocyanates is 1. The van der Waals surface area contributed by atoms with Gasteiger partial charge in [-0.25, -0.2) is 28.5 Å². The zero-order chi connectivity index (χ0) is 17.2. The van der Waals surface area contributed by atoms with E-state index in [0.29, 0.717) is 19.4 Å². The number of alkyl carbamates (subject to hydrolysis) is 1. The molecule has 11 heteroatoms. The summed E-state index contributed by atoms with van der Waals surface area (Å²) >= 11 is 0. The van der Waals surface area contributed by atoms with Gasteiger partial charge in [0, 0.05) is 13.1 Å². The molecule has 0 bridgehead atoms. The van der Waals surface area contributed by atoms with Crippen molar-refractivity contribution in [2.24, 2.45) is 5.10 Å². The van der Waals surface area contributed by atoms with E-state index in [2.05, 4.69) is 15.2 Å². The lowest BCUT2D eigenvalue weighted by Crippen LogP contribution is -2.48. The van der Waals surface area contributed by atoms with E-state index in [0.717, 1.165) is 23.5 Å². The predicted octanol–water partition coefficient (Wildman–Crippen LogP) is -1.29. The van der Waals surface area contributed by atoms with Crippen LogP contribution in [0.15, 0.2) is 19.5 Å². The van der Waals surface area contributed by atoms with Gasteiger partial charge < -0.3 is 10.1 Å². The van der Waals surface area contributed by atoms with Crippen molar-refractivity contribution in [2.75, 3.05) is 13.7 Å². The molecule has 0 saturated heterocycles. The van der Waals surface area contributed by atoms with Crippen molar-refractivity contribution >= 4 is 12.2 Å². The average Bonchev–Trinajstić information content (AvgIpc) is 2.52. The molecule has 0 fully saturated rings. The largest absolute Gasteiger partial charge is 0.453 e. The van der Waals surface area contributed by atoms with Crippen LogP contribution < -0.4 is 22.4 Å². The zero-order valence-corrected chi connectivity index (χ0v) is 12.5. The van der Waals surface area contributed by atoms with Crippen LogP contribution in [0.25, 0.3) is 0 Å². The monoisotopic (exact) mass is 327 g/mol. The van der Waals surface area contributed by atoms with Crippen molar-refractivity contribution < 1.29 is 14.3 Å². The van der Waals surface area contributed by atoms with Crippen molar-refractivity contribution in [2.45, 2.75) is 32.2 Å². The van der Waals surface area contributed by atoms with Crippen LogP contribution in [0.3, 0.4) is 0 Å². The summed E-state index contributed by atoms with van der Waals surface area (Å²) < 4.78 is 5.44. The third-order valence-corrected chi connectivity index (χ3v) is 2.97. The Morgan fingerprint density at radius 1 is 1.22 bits per heavy atom. The van der Waals surface area contributed by atoms with E-state index in [1.807, 2.05) is 4.98 Å². The standard InChI is InChI=1S/C12H17N5O6/c1-23-11(21)13-6-4-2-3-5-7-16-9(19)15-10(20)17(12(16)22)14-8-18/h2-7H2,1H3,(H,13,21)(H,15,19,20). The summed E-state index contributed by atoms with van der Waals surface area (Å²) in [5.74, 6) is 0. The number of methoxy groups -OCH3 is 1. The highest BCUT2D eigenvalue weighted by atomic mass is 16.5. The Balaban J connectivity index is 2.53. The number of unbranched alkanes of at least 4 members (excludes halogenated alkanes) is 3. The van der Waals surface area contributed by atoms with Gasteiger partial charge in [0.15, 0.2) is 0 Å². The molecule has 11 nitrogen and oxygen atoms in total. The predicted molar refractivity (Wildman–Crippen MR) is 78.0 cm³/mol. The van der Waals surface area contributed by atoms with Crippen molar-refractivity contribution in [1.82, 2.24) is 19.5 Å². The summed E-state index contributed by atoms with van der Waals surface area (Å²) in [6.45, 7) is 0.541. The van der Waals surface area contributed by atoms with E-state index < -0.39 is 23.2 Å². The molecule has 0 atom stereocenters. The number of nitrogens with one attached hydrogen (secondary N) is 2. The number of nitrogens with zero attached hydrogens (tertiary/aromatic N) is 3. The lowest BCUT2D eigenvalue weighted by atomic mass is 10.2. The second-order valence-corrected chi connectivity index (χ2v) is 4.51. The third-order valence-electron chi connectivity index (χ3n) is 2.97. The molecule has 126 valence electrons. The van der Waals surface area contributed by atoms with Crippen LogP contribution in [-0.2, 0) is 16.1 Å². The summed E-state index contributed by atoms with van der Waals surface area (Å²) in [6, 6.07) is 0. The van der Waals surface area contributed by atoms with Gasteiger partial charge in [-0.2, -0.15) is 0 Å². The van der Waals surface area contributed by atoms with Crippen LogP contribution >= 0.6 is 0 Å². The molecular formula is C12H17N5O6. The number of hydrogen-bond donors (Lipinski definition) is 2. The van der Waals surface area contributed by atoms with Crippen LogP contribution in [0, 0.1) is 0 Å². The molecule has 1 rings (SSSR count). The van der Waals surface area contributed by atoms with Crippen LogP contribution in [0.1, 0.15) is 25.7 Å². The number of H-pyrrole nitrogens is 1. The molecule has 2 N–H and O–H groups in total. The first kappa shape index (κ1) is 18.1. The molecule has 23 heavy (non-hydrogen) atoms. The van der Waals surface area contributed by atoms with Crippen LogP contribution in [-0.4, -0.2) is 40.1 Å². The maximum atomic E-state index is 11.8. The molecular weight excluding hydrogens is 310 g/mol. The molecule has 1 heterocycles. The van der Waals surface area contributed by atoms with E-state index in [4.69, 9.17) is 0 Å². The van der Waals surface area contributed by atoms with Gasteiger partial charge in [-0.15, -0.1) is 4.68 Å². The van der Waals surface area contributed by atoms with Gasteiger partial charge >= 0.3 is 23.2 Å². The molecule has 1 amide bonds. The molecule has 0 unspecified atom stereocenters. The van der Waals surface area contributed by atoms with E-state index in [1.54, 1.807) is 0 Å². The fraction of sp³-hybridized carbons (Fsp3) is 0.583. The quantitative estimate of drug-likeness (QED) is 0.345. The van der Waals surface area contributed by atoms with Gasteiger partial charge in [0.05, 0.1) is 7.11 Å². The molecule has 0 aliphatic heterocycles. The smallest absolute Gasteiger partial charge is 0.406 e. The first-order chi connectivity index (χ1) is 11.0. The van der Waals surface area contributed by atoms with Crippen LogP contribution in [0.2, 0.25) is 0 Å². The minimum Gasteiger partial charge on any atom is -0.453 e. The van der Waals surface area contributed by atoms with E-state index >= 15 is 0 Å². The number of carbonyl (C=O) groups is 1. The number of carbonyl (C=O) groups excluding carboxylic acids is 2. The second kappa shape index (κ2) is 9.15.